The second kappa shape index (κ2) is 9.10. The van der Waals surface area contributed by atoms with Gasteiger partial charge in [-0.2, -0.15) is 9.41 Å². The number of anilines is 1. The molecule has 2 aliphatic rings. The van der Waals surface area contributed by atoms with Crippen LogP contribution in [0.15, 0.2) is 46.4 Å². The molecule has 0 aromatic heterocycles. The first-order valence-corrected chi connectivity index (χ1v) is 11.4. The SMILES string of the molecule is C/C(=N\Nc1ccc(S(=O)(=O)N2CCOCC2)cc1[N+](=O)[O-])c1ccc2c(c1)OCCO2. The predicted molar refractivity (Wildman–Crippen MR) is 116 cm³/mol. The topological polar surface area (TPSA) is 133 Å². The van der Waals surface area contributed by atoms with Gasteiger partial charge in [-0.15, -0.1) is 0 Å². The molecule has 4 rings (SSSR count). The van der Waals surface area contributed by atoms with E-state index in [2.05, 4.69) is 10.5 Å². The lowest BCUT2D eigenvalue weighted by atomic mass is 10.1. The summed E-state index contributed by atoms with van der Waals surface area (Å²) >= 11 is 0. The van der Waals surface area contributed by atoms with E-state index >= 15 is 0 Å². The van der Waals surface area contributed by atoms with Crippen molar-refractivity contribution in [3.63, 3.8) is 0 Å². The summed E-state index contributed by atoms with van der Waals surface area (Å²) in [5.74, 6) is 1.25. The van der Waals surface area contributed by atoms with Crippen LogP contribution >= 0.6 is 0 Å². The molecule has 2 aromatic rings. The third kappa shape index (κ3) is 4.52. The van der Waals surface area contributed by atoms with Gasteiger partial charge in [-0.1, -0.05) is 0 Å². The number of nitrogens with zero attached hydrogens (tertiary/aromatic N) is 3. The molecule has 0 bridgehead atoms. The minimum Gasteiger partial charge on any atom is -0.486 e. The number of fused-ring (bicyclic) bond motifs is 1. The molecule has 1 fully saturated rings. The van der Waals surface area contributed by atoms with Crippen LogP contribution in [0.4, 0.5) is 11.4 Å². The Hall–Kier alpha value is -3.22. The number of rotatable bonds is 6. The van der Waals surface area contributed by atoms with Crippen molar-refractivity contribution < 1.29 is 27.6 Å². The maximum atomic E-state index is 12.8. The number of nitro groups is 1. The van der Waals surface area contributed by atoms with Crippen LogP contribution in [0.2, 0.25) is 0 Å². The van der Waals surface area contributed by atoms with Crippen molar-refractivity contribution in [2.24, 2.45) is 5.10 Å². The Labute approximate surface area is 184 Å². The van der Waals surface area contributed by atoms with Gasteiger partial charge in [-0.3, -0.25) is 15.5 Å². The molecule has 0 amide bonds. The van der Waals surface area contributed by atoms with Crippen molar-refractivity contribution in [1.82, 2.24) is 4.31 Å². The standard InChI is InChI=1S/C20H22N4O7S/c1-14(15-2-5-19-20(12-15)31-11-10-30-19)21-22-17-4-3-16(13-18(17)24(25)26)32(27,28)23-6-8-29-9-7-23/h2-5,12-13,22H,6-11H2,1H3/b21-14+. The molecule has 0 saturated carbocycles. The second-order valence-electron chi connectivity index (χ2n) is 7.12. The van der Waals surface area contributed by atoms with Gasteiger partial charge in [0.15, 0.2) is 11.5 Å². The average molecular weight is 462 g/mol. The van der Waals surface area contributed by atoms with Crippen LogP contribution in [0.25, 0.3) is 0 Å². The van der Waals surface area contributed by atoms with Gasteiger partial charge in [0.25, 0.3) is 5.69 Å². The molecule has 0 radical (unpaired) electrons. The van der Waals surface area contributed by atoms with Crippen molar-refractivity contribution in [2.45, 2.75) is 11.8 Å². The van der Waals surface area contributed by atoms with Gasteiger partial charge in [0.1, 0.15) is 18.9 Å². The molecule has 2 heterocycles. The Balaban J connectivity index is 1.57. The number of morpholine rings is 1. The average Bonchev–Trinajstić information content (AvgIpc) is 2.82. The van der Waals surface area contributed by atoms with E-state index in [0.29, 0.717) is 30.4 Å². The number of sulfonamides is 1. The molecule has 0 atom stereocenters. The summed E-state index contributed by atoms with van der Waals surface area (Å²) in [5, 5.41) is 15.8. The first-order chi connectivity index (χ1) is 15.4. The summed E-state index contributed by atoms with van der Waals surface area (Å²) in [6, 6.07) is 9.07. The third-order valence-corrected chi connectivity index (χ3v) is 6.97. The van der Waals surface area contributed by atoms with Crippen LogP contribution in [0.5, 0.6) is 11.5 Å². The number of hydrazone groups is 1. The second-order valence-corrected chi connectivity index (χ2v) is 9.06. The lowest BCUT2D eigenvalue weighted by Crippen LogP contribution is -2.40. The van der Waals surface area contributed by atoms with Crippen molar-refractivity contribution >= 4 is 27.1 Å². The number of hydrogen-bond donors (Lipinski definition) is 1. The number of nitrogens with one attached hydrogen (secondary N) is 1. The Morgan fingerprint density at radius 2 is 1.78 bits per heavy atom. The Morgan fingerprint density at radius 1 is 1.06 bits per heavy atom. The fourth-order valence-corrected chi connectivity index (χ4v) is 4.76. The minimum absolute atomic E-state index is 0.0767. The first kappa shape index (κ1) is 22.0. The zero-order valence-corrected chi connectivity index (χ0v) is 18.1. The number of nitro benzene ring substituents is 1. The van der Waals surface area contributed by atoms with E-state index in [-0.39, 0.29) is 36.9 Å². The lowest BCUT2D eigenvalue weighted by Gasteiger charge is -2.26. The molecule has 12 heteroatoms. The number of benzene rings is 2. The van der Waals surface area contributed by atoms with Crippen molar-refractivity contribution in [1.29, 1.82) is 0 Å². The molecule has 0 unspecified atom stereocenters. The summed E-state index contributed by atoms with van der Waals surface area (Å²) in [4.78, 5) is 10.8. The van der Waals surface area contributed by atoms with E-state index in [4.69, 9.17) is 14.2 Å². The molecular formula is C20H22N4O7S. The highest BCUT2D eigenvalue weighted by Crippen LogP contribution is 2.32. The molecule has 2 aliphatic heterocycles. The quantitative estimate of drug-likeness (QED) is 0.393. The van der Waals surface area contributed by atoms with Crippen LogP contribution in [0.3, 0.4) is 0 Å². The maximum Gasteiger partial charge on any atom is 0.295 e. The van der Waals surface area contributed by atoms with Gasteiger partial charge in [0, 0.05) is 24.7 Å². The Morgan fingerprint density at radius 3 is 2.50 bits per heavy atom. The van der Waals surface area contributed by atoms with Gasteiger partial charge in [-0.05, 0) is 37.3 Å². The summed E-state index contributed by atoms with van der Waals surface area (Å²) in [7, 11) is -3.86. The Bertz CT molecular complexity index is 1160. The summed E-state index contributed by atoms with van der Waals surface area (Å²) in [5.41, 5.74) is 3.67. The van der Waals surface area contributed by atoms with Gasteiger partial charge in [0.05, 0.1) is 28.7 Å². The van der Waals surface area contributed by atoms with Crippen molar-refractivity contribution in [2.75, 3.05) is 44.9 Å². The molecule has 11 nitrogen and oxygen atoms in total. The van der Waals surface area contributed by atoms with E-state index in [1.54, 1.807) is 25.1 Å². The molecule has 32 heavy (non-hydrogen) atoms. The fraction of sp³-hybridized carbons (Fsp3) is 0.350. The van der Waals surface area contributed by atoms with Crippen molar-refractivity contribution in [3.8, 4) is 11.5 Å². The highest BCUT2D eigenvalue weighted by molar-refractivity contribution is 7.89. The van der Waals surface area contributed by atoms with E-state index in [0.717, 1.165) is 11.6 Å². The lowest BCUT2D eigenvalue weighted by molar-refractivity contribution is -0.384. The summed E-state index contributed by atoms with van der Waals surface area (Å²) < 4.78 is 43.1. The van der Waals surface area contributed by atoms with Crippen LogP contribution in [0.1, 0.15) is 12.5 Å². The largest absolute Gasteiger partial charge is 0.486 e. The fourth-order valence-electron chi connectivity index (χ4n) is 3.33. The smallest absolute Gasteiger partial charge is 0.295 e. The normalized spacial score (nSPS) is 17.1. The maximum absolute atomic E-state index is 12.8. The molecule has 2 aromatic carbocycles. The molecule has 1 N–H and O–H groups in total. The summed E-state index contributed by atoms with van der Waals surface area (Å²) in [6.07, 6.45) is 0. The van der Waals surface area contributed by atoms with Crippen LogP contribution in [-0.2, 0) is 14.8 Å². The van der Waals surface area contributed by atoms with Crippen molar-refractivity contribution in [3.05, 3.63) is 52.1 Å². The highest BCUT2D eigenvalue weighted by Gasteiger charge is 2.29. The van der Waals surface area contributed by atoms with Gasteiger partial charge in [-0.25, -0.2) is 8.42 Å². The number of ether oxygens (including phenoxy) is 3. The van der Waals surface area contributed by atoms with Gasteiger partial charge < -0.3 is 14.2 Å². The molecule has 170 valence electrons. The van der Waals surface area contributed by atoms with Gasteiger partial charge in [0.2, 0.25) is 10.0 Å². The minimum atomic E-state index is -3.86. The predicted octanol–water partition coefficient (Wildman–Crippen LogP) is 2.22. The first-order valence-electron chi connectivity index (χ1n) is 9.93. The van der Waals surface area contributed by atoms with Crippen LogP contribution in [-0.4, -0.2) is 62.9 Å². The number of hydrogen-bond acceptors (Lipinski definition) is 9. The summed E-state index contributed by atoms with van der Waals surface area (Å²) in [6.45, 7) is 3.66. The molecule has 0 spiro atoms. The zero-order chi connectivity index (χ0) is 22.7. The zero-order valence-electron chi connectivity index (χ0n) is 17.3. The van der Waals surface area contributed by atoms with E-state index < -0.39 is 20.6 Å². The van der Waals surface area contributed by atoms with Crippen LogP contribution in [0, 0.1) is 10.1 Å². The molecule has 1 saturated heterocycles. The highest BCUT2D eigenvalue weighted by atomic mass is 32.2. The monoisotopic (exact) mass is 462 g/mol. The van der Waals surface area contributed by atoms with Crippen LogP contribution < -0.4 is 14.9 Å². The van der Waals surface area contributed by atoms with E-state index in [1.807, 2.05) is 0 Å². The molecule has 0 aliphatic carbocycles. The van der Waals surface area contributed by atoms with E-state index in [1.165, 1.54) is 16.4 Å². The third-order valence-electron chi connectivity index (χ3n) is 5.08. The Kier molecular flexibility index (Phi) is 6.26. The van der Waals surface area contributed by atoms with Gasteiger partial charge >= 0.3 is 0 Å². The molecular weight excluding hydrogens is 440 g/mol. The van der Waals surface area contributed by atoms with E-state index in [9.17, 15) is 18.5 Å².